The summed E-state index contributed by atoms with van der Waals surface area (Å²) < 4.78 is 27.7. The van der Waals surface area contributed by atoms with E-state index in [2.05, 4.69) is 30.8 Å². The fraction of sp³-hybridized carbons (Fsp3) is 0.562. The van der Waals surface area contributed by atoms with Gasteiger partial charge in [-0.1, -0.05) is 20.8 Å². The fourth-order valence-corrected chi connectivity index (χ4v) is 4.12. The van der Waals surface area contributed by atoms with E-state index in [0.717, 1.165) is 0 Å². The van der Waals surface area contributed by atoms with Gasteiger partial charge in [0.05, 0.1) is 4.90 Å². The van der Waals surface area contributed by atoms with Crippen molar-refractivity contribution in [3.8, 4) is 0 Å². The second-order valence-electron chi connectivity index (χ2n) is 7.43. The predicted molar refractivity (Wildman–Crippen MR) is 89.2 cm³/mol. The molecule has 1 aromatic carbocycles. The molecule has 5 nitrogen and oxygen atoms in total. The highest BCUT2D eigenvalue weighted by Gasteiger charge is 2.30. The van der Waals surface area contributed by atoms with Gasteiger partial charge in [-0.15, -0.1) is 0 Å². The van der Waals surface area contributed by atoms with Crippen molar-refractivity contribution >= 4 is 21.6 Å². The van der Waals surface area contributed by atoms with Gasteiger partial charge in [0.15, 0.2) is 0 Å². The van der Waals surface area contributed by atoms with Crippen LogP contribution in [-0.2, 0) is 14.8 Å². The molecule has 0 heterocycles. The Kier molecular flexibility index (Phi) is 5.41. The van der Waals surface area contributed by atoms with Crippen molar-refractivity contribution in [2.45, 2.75) is 58.4 Å². The minimum absolute atomic E-state index is 0.0152. The van der Waals surface area contributed by atoms with Crippen molar-refractivity contribution in [1.82, 2.24) is 4.72 Å². The molecule has 0 fully saturated rings. The van der Waals surface area contributed by atoms with Crippen LogP contribution in [0.15, 0.2) is 29.2 Å². The smallest absolute Gasteiger partial charge is 0.241 e. The third-order valence-corrected chi connectivity index (χ3v) is 4.58. The van der Waals surface area contributed by atoms with Crippen molar-refractivity contribution in [3.63, 3.8) is 0 Å². The van der Waals surface area contributed by atoms with Gasteiger partial charge in [-0.3, -0.25) is 4.79 Å². The van der Waals surface area contributed by atoms with Gasteiger partial charge in [0, 0.05) is 18.2 Å². The van der Waals surface area contributed by atoms with Crippen molar-refractivity contribution < 1.29 is 13.2 Å². The van der Waals surface area contributed by atoms with Gasteiger partial charge >= 0.3 is 0 Å². The van der Waals surface area contributed by atoms with Crippen molar-refractivity contribution in [2.24, 2.45) is 5.41 Å². The van der Waals surface area contributed by atoms with Crippen LogP contribution in [-0.4, -0.2) is 19.9 Å². The van der Waals surface area contributed by atoms with E-state index in [-0.39, 0.29) is 16.2 Å². The molecule has 0 radical (unpaired) electrons. The molecule has 0 aliphatic carbocycles. The van der Waals surface area contributed by atoms with Crippen molar-refractivity contribution in [1.29, 1.82) is 0 Å². The Bertz CT molecular complexity index is 626. The van der Waals surface area contributed by atoms with Gasteiger partial charge in [-0.05, 0) is 49.9 Å². The Morgan fingerprint density at radius 1 is 1.05 bits per heavy atom. The first-order chi connectivity index (χ1) is 9.81. The zero-order chi connectivity index (χ0) is 17.2. The molecule has 0 saturated heterocycles. The third-order valence-electron chi connectivity index (χ3n) is 2.87. The molecule has 0 aliphatic rings. The van der Waals surface area contributed by atoms with E-state index in [1.807, 2.05) is 13.8 Å². The Balaban J connectivity index is 2.92. The predicted octanol–water partition coefficient (Wildman–Crippen LogP) is 3.14. The van der Waals surface area contributed by atoms with Crippen LogP contribution in [0.5, 0.6) is 0 Å². The summed E-state index contributed by atoms with van der Waals surface area (Å²) in [6.45, 7) is 11.4. The second kappa shape index (κ2) is 6.38. The molecule has 0 saturated carbocycles. The molecule has 0 unspecified atom stereocenters. The number of rotatable bonds is 5. The van der Waals surface area contributed by atoms with Crippen LogP contribution in [0.2, 0.25) is 0 Å². The number of hydrogen-bond acceptors (Lipinski definition) is 3. The summed E-state index contributed by atoms with van der Waals surface area (Å²) in [6.07, 6.45) is 0.712. The van der Waals surface area contributed by atoms with E-state index in [4.69, 9.17) is 0 Å². The van der Waals surface area contributed by atoms with Crippen LogP contribution in [0.25, 0.3) is 0 Å². The van der Waals surface area contributed by atoms with E-state index >= 15 is 0 Å². The lowest BCUT2D eigenvalue weighted by Crippen LogP contribution is -2.45. The summed E-state index contributed by atoms with van der Waals surface area (Å²) in [4.78, 5) is 11.2. The number of nitrogens with one attached hydrogen (secondary N) is 2. The van der Waals surface area contributed by atoms with E-state index in [0.29, 0.717) is 12.1 Å². The number of carbonyl (C=O) groups excluding carboxylic acids is 1. The number of hydrogen-bond donors (Lipinski definition) is 2. The summed E-state index contributed by atoms with van der Waals surface area (Å²) in [5, 5.41) is 2.61. The molecular formula is C16H26N2O3S. The maximum Gasteiger partial charge on any atom is 0.241 e. The number of benzene rings is 1. The van der Waals surface area contributed by atoms with E-state index in [9.17, 15) is 13.2 Å². The number of carbonyl (C=O) groups is 1. The van der Waals surface area contributed by atoms with Crippen LogP contribution in [0.4, 0.5) is 5.69 Å². The standard InChI is InChI=1S/C16H26N2O3S/c1-12(19)17-13-7-9-14(10-8-13)22(20,21)18-16(5,6)11-15(2,3)4/h7-10,18H,11H2,1-6H3,(H,17,19). The van der Waals surface area contributed by atoms with Gasteiger partial charge < -0.3 is 5.32 Å². The third kappa shape index (κ3) is 6.15. The summed E-state index contributed by atoms with van der Waals surface area (Å²) in [5.41, 5.74) is 0.0368. The van der Waals surface area contributed by atoms with Crippen LogP contribution in [0.1, 0.15) is 48.0 Å². The topological polar surface area (TPSA) is 75.3 Å². The number of amides is 1. The summed E-state index contributed by atoms with van der Waals surface area (Å²) >= 11 is 0. The lowest BCUT2D eigenvalue weighted by atomic mass is 9.82. The molecule has 1 amide bonds. The Labute approximate surface area is 133 Å². The van der Waals surface area contributed by atoms with Crippen LogP contribution in [0, 0.1) is 5.41 Å². The maximum atomic E-state index is 12.5. The second-order valence-corrected chi connectivity index (χ2v) is 9.11. The van der Waals surface area contributed by atoms with Crippen LogP contribution < -0.4 is 10.0 Å². The Morgan fingerprint density at radius 2 is 1.55 bits per heavy atom. The molecule has 0 bridgehead atoms. The zero-order valence-corrected chi connectivity index (χ0v) is 15.0. The number of sulfonamides is 1. The summed E-state index contributed by atoms with van der Waals surface area (Å²) in [5.74, 6) is -0.194. The highest BCUT2D eigenvalue weighted by molar-refractivity contribution is 7.89. The lowest BCUT2D eigenvalue weighted by molar-refractivity contribution is -0.114. The van der Waals surface area contributed by atoms with Crippen molar-refractivity contribution in [2.75, 3.05) is 5.32 Å². The first kappa shape index (κ1) is 18.6. The molecule has 124 valence electrons. The van der Waals surface area contributed by atoms with Gasteiger partial charge in [0.25, 0.3) is 0 Å². The van der Waals surface area contributed by atoms with E-state index < -0.39 is 15.6 Å². The minimum Gasteiger partial charge on any atom is -0.326 e. The molecule has 0 spiro atoms. The molecule has 1 aromatic rings. The normalized spacial score (nSPS) is 13.0. The maximum absolute atomic E-state index is 12.5. The highest BCUT2D eigenvalue weighted by atomic mass is 32.2. The minimum atomic E-state index is -3.60. The van der Waals surface area contributed by atoms with Crippen molar-refractivity contribution in [3.05, 3.63) is 24.3 Å². The molecule has 0 aliphatic heterocycles. The molecule has 1 rings (SSSR count). The summed E-state index contributed by atoms with van der Waals surface area (Å²) in [6, 6.07) is 6.13. The molecule has 6 heteroatoms. The van der Waals surface area contributed by atoms with Gasteiger partial charge in [-0.2, -0.15) is 0 Å². The largest absolute Gasteiger partial charge is 0.326 e. The first-order valence-corrected chi connectivity index (χ1v) is 8.71. The monoisotopic (exact) mass is 326 g/mol. The fourth-order valence-electron chi connectivity index (χ4n) is 2.71. The quantitative estimate of drug-likeness (QED) is 0.873. The van der Waals surface area contributed by atoms with E-state index in [1.54, 1.807) is 12.1 Å². The van der Waals surface area contributed by atoms with Gasteiger partial charge in [-0.25, -0.2) is 13.1 Å². The first-order valence-electron chi connectivity index (χ1n) is 7.22. The zero-order valence-electron chi connectivity index (χ0n) is 14.1. The van der Waals surface area contributed by atoms with E-state index in [1.165, 1.54) is 19.1 Å². The SMILES string of the molecule is CC(=O)Nc1ccc(S(=O)(=O)NC(C)(C)CC(C)(C)C)cc1. The van der Waals surface area contributed by atoms with Gasteiger partial charge in [0.1, 0.15) is 0 Å². The van der Waals surface area contributed by atoms with Crippen LogP contribution >= 0.6 is 0 Å². The molecule has 0 aromatic heterocycles. The average Bonchev–Trinajstić information content (AvgIpc) is 2.23. The summed E-state index contributed by atoms with van der Waals surface area (Å²) in [7, 11) is -3.60. The van der Waals surface area contributed by atoms with Crippen LogP contribution in [0.3, 0.4) is 0 Å². The molecule has 22 heavy (non-hydrogen) atoms. The molecule has 2 N–H and O–H groups in total. The highest BCUT2D eigenvalue weighted by Crippen LogP contribution is 2.28. The lowest BCUT2D eigenvalue weighted by Gasteiger charge is -2.33. The average molecular weight is 326 g/mol. The molecule has 0 atom stereocenters. The molecular weight excluding hydrogens is 300 g/mol. The number of anilines is 1. The van der Waals surface area contributed by atoms with Gasteiger partial charge in [0.2, 0.25) is 15.9 Å². The Morgan fingerprint density at radius 3 is 1.95 bits per heavy atom. The Hall–Kier alpha value is -1.40.